The number of hydrogen-bond acceptors (Lipinski definition) is 14. The number of aliphatic hydroxyl groups excluding tert-OH is 3. The van der Waals surface area contributed by atoms with Crippen molar-refractivity contribution in [1.29, 1.82) is 0 Å². The highest BCUT2D eigenvalue weighted by Crippen LogP contribution is 2.57. The second-order valence-corrected chi connectivity index (χ2v) is 12.0. The van der Waals surface area contributed by atoms with E-state index in [2.05, 4.69) is 18.3 Å². The van der Waals surface area contributed by atoms with Gasteiger partial charge < -0.3 is 44.0 Å². The number of nitrogens with one attached hydrogen (secondary N) is 2. The Balaban J connectivity index is 1.60. The van der Waals surface area contributed by atoms with Crippen molar-refractivity contribution in [2.24, 2.45) is 0 Å². The number of phosphoric ester groups is 2. The summed E-state index contributed by atoms with van der Waals surface area (Å²) in [5, 5.41) is 30.8. The van der Waals surface area contributed by atoms with Crippen LogP contribution >= 0.6 is 15.6 Å². The summed E-state index contributed by atoms with van der Waals surface area (Å²) in [5.41, 5.74) is -1.23. The Morgan fingerprint density at radius 3 is 2.43 bits per heavy atom. The normalized spacial score (nSPS) is 35.8. The van der Waals surface area contributed by atoms with Crippen molar-refractivity contribution >= 4 is 15.6 Å². The van der Waals surface area contributed by atoms with Crippen LogP contribution in [0.1, 0.15) is 25.1 Å². The predicted octanol–water partition coefficient (Wildman–Crippen LogP) is -4.54. The Morgan fingerprint density at radius 1 is 1.16 bits per heavy atom. The molecule has 2 aliphatic rings. The zero-order valence-electron chi connectivity index (χ0n) is 20.3. The maximum Gasteiger partial charge on any atom is 0.330 e. The highest BCUT2D eigenvalue weighted by molar-refractivity contribution is 7.59. The lowest BCUT2D eigenvalue weighted by Gasteiger charge is -2.43. The fourth-order valence-corrected chi connectivity index (χ4v) is 6.18. The van der Waals surface area contributed by atoms with E-state index in [1.54, 1.807) is 14.1 Å². The molecule has 10 atom stereocenters. The van der Waals surface area contributed by atoms with E-state index in [0.717, 1.165) is 4.57 Å². The van der Waals surface area contributed by atoms with E-state index in [-0.39, 0.29) is 12.0 Å². The smallest absolute Gasteiger partial charge is 0.330 e. The maximum atomic E-state index is 12.2. The van der Waals surface area contributed by atoms with Gasteiger partial charge in [0.05, 0.1) is 32.9 Å². The number of phosphoric acid groups is 2. The molecule has 0 amide bonds. The molecule has 5 N–H and O–H groups in total. The lowest BCUT2D eigenvalue weighted by Crippen LogP contribution is -3.14. The van der Waals surface area contributed by atoms with Gasteiger partial charge in [0.1, 0.15) is 24.5 Å². The van der Waals surface area contributed by atoms with Crippen molar-refractivity contribution in [2.75, 3.05) is 20.7 Å². The third-order valence-corrected chi connectivity index (χ3v) is 8.53. The van der Waals surface area contributed by atoms with E-state index in [9.17, 15) is 43.8 Å². The minimum atomic E-state index is -5.69. The van der Waals surface area contributed by atoms with Gasteiger partial charge in [0.2, 0.25) is 0 Å². The molecule has 17 nitrogen and oxygen atoms in total. The van der Waals surface area contributed by atoms with Crippen LogP contribution in [0.5, 0.6) is 0 Å². The van der Waals surface area contributed by atoms with E-state index in [0.29, 0.717) is 4.90 Å². The van der Waals surface area contributed by atoms with Gasteiger partial charge >= 0.3 is 5.69 Å². The van der Waals surface area contributed by atoms with E-state index < -0.39 is 82.6 Å². The van der Waals surface area contributed by atoms with Crippen LogP contribution < -0.4 is 25.9 Å². The zero-order valence-corrected chi connectivity index (χ0v) is 22.1. The van der Waals surface area contributed by atoms with Gasteiger partial charge in [-0.1, -0.05) is 0 Å². The molecule has 2 aliphatic heterocycles. The van der Waals surface area contributed by atoms with Gasteiger partial charge in [-0.05, 0) is 13.8 Å². The summed E-state index contributed by atoms with van der Waals surface area (Å²) in [6, 6.07) is -0.920. The highest BCUT2D eigenvalue weighted by atomic mass is 31.3. The van der Waals surface area contributed by atoms with Gasteiger partial charge in [-0.25, -0.2) is 9.11 Å². The molecular formula is C18H30N3O14P2-. The molecule has 2 unspecified atom stereocenters. The van der Waals surface area contributed by atoms with E-state index in [1.807, 2.05) is 0 Å². The number of aromatic nitrogens is 2. The lowest BCUT2D eigenvalue weighted by atomic mass is 9.96. The third-order valence-electron chi connectivity index (χ3n) is 6.00. The van der Waals surface area contributed by atoms with Crippen molar-refractivity contribution in [2.45, 2.75) is 69.3 Å². The van der Waals surface area contributed by atoms with Crippen LogP contribution in [0.15, 0.2) is 15.8 Å². The molecule has 0 saturated carbocycles. The van der Waals surface area contributed by atoms with Crippen molar-refractivity contribution in [3.05, 3.63) is 32.6 Å². The number of aryl methyl sites for hydroxylation is 1. The second kappa shape index (κ2) is 11.4. The molecule has 2 fully saturated rings. The minimum Gasteiger partial charge on any atom is -0.756 e. The number of aromatic amines is 1. The number of H-pyrrole nitrogens is 1. The Labute approximate surface area is 210 Å². The van der Waals surface area contributed by atoms with Gasteiger partial charge in [-0.2, -0.15) is 0 Å². The zero-order chi connectivity index (χ0) is 27.9. The number of aliphatic hydroxyl groups is 3. The summed E-state index contributed by atoms with van der Waals surface area (Å²) < 4.78 is 49.2. The molecule has 3 heterocycles. The number of nitrogens with zero attached hydrogens (tertiary/aromatic N) is 1. The summed E-state index contributed by atoms with van der Waals surface area (Å²) in [6.45, 7) is 1.97. The van der Waals surface area contributed by atoms with Crippen LogP contribution in [-0.4, -0.2) is 88.4 Å². The van der Waals surface area contributed by atoms with Crippen molar-refractivity contribution in [3.8, 4) is 0 Å². The van der Waals surface area contributed by atoms with Crippen LogP contribution in [0.25, 0.3) is 0 Å². The number of rotatable bonds is 9. The third kappa shape index (κ3) is 7.22. The molecule has 0 aromatic carbocycles. The van der Waals surface area contributed by atoms with Crippen molar-refractivity contribution < 1.29 is 62.0 Å². The molecule has 1 aromatic heterocycles. The molecule has 0 spiro atoms. The largest absolute Gasteiger partial charge is 0.756 e. The standard InChI is InChI=1S/C18H31N3O14P2/c1-8-6-21(18(26)19-16(8)25)12-5-10(22)11(33-12)7-31-36(27,28)35-37(29,30)34-17-15(24)13(20(3)4)14(23)9(2)32-17/h6,9-15,17,22-24H,5,7H2,1-4H3,(H,27,28)(H,29,30)(H,19,25,26)/p-1/t9-,10+,11-,12-,13+,14-,15-,17-/m1/s1. The number of quaternary nitrogens is 1. The number of likely N-dealkylation sites (N-methyl/N-ethyl adjacent to an activating group) is 1. The summed E-state index contributed by atoms with van der Waals surface area (Å²) in [4.78, 5) is 50.6. The fraction of sp³-hybridized carbons (Fsp3) is 0.778. The monoisotopic (exact) mass is 574 g/mol. The van der Waals surface area contributed by atoms with Crippen LogP contribution in [0.2, 0.25) is 0 Å². The van der Waals surface area contributed by atoms with Gasteiger partial charge in [0.15, 0.2) is 12.4 Å². The van der Waals surface area contributed by atoms with Crippen LogP contribution in [0.3, 0.4) is 0 Å². The molecule has 0 bridgehead atoms. The first kappa shape index (κ1) is 30.2. The Hall–Kier alpha value is -1.30. The van der Waals surface area contributed by atoms with Crippen LogP contribution in [0.4, 0.5) is 0 Å². The molecule has 1 aromatic rings. The summed E-state index contributed by atoms with van der Waals surface area (Å²) in [6.07, 6.45) is -8.31. The highest BCUT2D eigenvalue weighted by Gasteiger charge is 2.48. The summed E-state index contributed by atoms with van der Waals surface area (Å²) in [7, 11) is -8.10. The quantitative estimate of drug-likeness (QED) is 0.174. The first-order chi connectivity index (χ1) is 17.0. The predicted molar refractivity (Wildman–Crippen MR) is 117 cm³/mol. The molecule has 212 valence electrons. The minimum absolute atomic E-state index is 0.164. The average Bonchev–Trinajstić information content (AvgIpc) is 3.12. The van der Waals surface area contributed by atoms with Crippen LogP contribution in [-0.2, 0) is 32.0 Å². The number of hydrogen-bond donors (Lipinski definition) is 5. The Kier molecular flexibility index (Phi) is 9.35. The van der Waals surface area contributed by atoms with Crippen molar-refractivity contribution in [3.63, 3.8) is 0 Å². The van der Waals surface area contributed by atoms with E-state index >= 15 is 0 Å². The lowest BCUT2D eigenvalue weighted by molar-refractivity contribution is -0.897. The summed E-state index contributed by atoms with van der Waals surface area (Å²) >= 11 is 0. The molecule has 2 saturated heterocycles. The first-order valence-corrected chi connectivity index (χ1v) is 14.1. The SMILES string of the molecule is Cc1cn([C@H]2C[C@H](O)[C@@H](COP(=O)([O-])OP(=O)([O-])O[C@H]3O[C@H](C)[C@@H](O)[C@H]([NH+](C)C)[C@H]3O)O2)c(=O)[nH]c1=O. The maximum absolute atomic E-state index is 12.2. The van der Waals surface area contributed by atoms with Gasteiger partial charge in [0.25, 0.3) is 21.2 Å². The van der Waals surface area contributed by atoms with E-state index in [1.165, 1.54) is 20.0 Å². The fourth-order valence-electron chi connectivity index (χ4n) is 4.10. The van der Waals surface area contributed by atoms with Crippen LogP contribution in [0, 0.1) is 6.92 Å². The molecule has 37 heavy (non-hydrogen) atoms. The molecule has 0 aliphatic carbocycles. The van der Waals surface area contributed by atoms with Gasteiger partial charge in [-0.3, -0.25) is 28.0 Å². The second-order valence-electron chi connectivity index (χ2n) is 9.08. The molecule has 0 radical (unpaired) electrons. The number of ether oxygens (including phenoxy) is 2. The molecular weight excluding hydrogens is 544 g/mol. The Bertz CT molecular complexity index is 1170. The van der Waals surface area contributed by atoms with E-state index in [4.69, 9.17) is 9.47 Å². The topological polar surface area (TPSA) is 246 Å². The summed E-state index contributed by atoms with van der Waals surface area (Å²) in [5.74, 6) is 0. The molecule has 19 heteroatoms. The van der Waals surface area contributed by atoms with Gasteiger partial charge in [-0.15, -0.1) is 0 Å². The average molecular weight is 574 g/mol. The Morgan fingerprint density at radius 2 is 1.81 bits per heavy atom. The van der Waals surface area contributed by atoms with Crippen molar-refractivity contribution in [1.82, 2.24) is 9.55 Å². The molecule has 3 rings (SSSR count). The first-order valence-electron chi connectivity index (χ1n) is 11.1. The van der Waals surface area contributed by atoms with Gasteiger partial charge in [0, 0.05) is 18.2 Å².